The number of carbonyl (C=O) groups excluding carboxylic acids is 4. The minimum Gasteiger partial charge on any atom is -0.468 e. The van der Waals surface area contributed by atoms with Crippen LogP contribution in [-0.4, -0.2) is 72.3 Å². The molecule has 2 rings (SSSR count). The van der Waals surface area contributed by atoms with Gasteiger partial charge in [0.05, 0.1) is 30.7 Å². The van der Waals surface area contributed by atoms with Crippen LogP contribution in [0.5, 0.6) is 0 Å². The number of Topliss-reactive ketones (excluding diaryl/α,β-unsaturated/α-hetero) is 1. The largest absolute Gasteiger partial charge is 0.468 e. The van der Waals surface area contributed by atoms with Gasteiger partial charge < -0.3 is 14.2 Å². The summed E-state index contributed by atoms with van der Waals surface area (Å²) in [5, 5.41) is 10.4. The van der Waals surface area contributed by atoms with E-state index >= 15 is 0 Å². The number of nitro benzene ring substituents is 1. The zero-order chi connectivity index (χ0) is 22.4. The molecule has 1 aliphatic heterocycles. The summed E-state index contributed by atoms with van der Waals surface area (Å²) in [5.74, 6) is -5.33. The number of esters is 3. The van der Waals surface area contributed by atoms with Gasteiger partial charge in [-0.1, -0.05) is 0 Å². The maximum Gasteiger partial charge on any atom is 0.339 e. The van der Waals surface area contributed by atoms with Crippen LogP contribution in [0, 0.1) is 16.0 Å². The predicted octanol–water partition coefficient (Wildman–Crippen LogP) is 0.613. The number of ketones is 1. The van der Waals surface area contributed by atoms with Gasteiger partial charge in [0, 0.05) is 23.9 Å². The molecule has 1 saturated heterocycles. The van der Waals surface area contributed by atoms with Crippen LogP contribution in [0.2, 0.25) is 0 Å². The Kier molecular flexibility index (Phi) is 7.89. The molecule has 1 aliphatic rings. The van der Waals surface area contributed by atoms with Crippen molar-refractivity contribution >= 4 is 42.0 Å². The van der Waals surface area contributed by atoms with Gasteiger partial charge in [0.15, 0.2) is 5.78 Å². The Morgan fingerprint density at radius 3 is 2.23 bits per heavy atom. The smallest absolute Gasteiger partial charge is 0.339 e. The Balaban J connectivity index is 2.09. The first kappa shape index (κ1) is 23.3. The van der Waals surface area contributed by atoms with Crippen molar-refractivity contribution in [2.45, 2.75) is 17.7 Å². The zero-order valence-electron chi connectivity index (χ0n) is 16.2. The van der Waals surface area contributed by atoms with Crippen LogP contribution in [-0.2, 0) is 28.6 Å². The monoisotopic (exact) mass is 440 g/mol. The Morgan fingerprint density at radius 1 is 1.17 bits per heavy atom. The van der Waals surface area contributed by atoms with Gasteiger partial charge in [0.2, 0.25) is 5.92 Å². The number of benzene rings is 1. The number of hydrogen-bond donors (Lipinski definition) is 1. The number of methoxy groups -OCH3 is 2. The Bertz CT molecular complexity index is 827. The van der Waals surface area contributed by atoms with Gasteiger partial charge in [0.1, 0.15) is 6.73 Å². The van der Waals surface area contributed by atoms with E-state index in [9.17, 15) is 29.3 Å². The van der Waals surface area contributed by atoms with E-state index in [0.717, 1.165) is 14.2 Å². The Morgan fingerprint density at radius 2 is 1.73 bits per heavy atom. The molecule has 2 atom stereocenters. The molecule has 11 nitrogen and oxygen atoms in total. The summed E-state index contributed by atoms with van der Waals surface area (Å²) in [6.07, 6.45) is 0.224. The Hall–Kier alpha value is -2.99. The number of nitrogens with zero attached hydrogens (tertiary/aromatic N) is 2. The van der Waals surface area contributed by atoms with Crippen LogP contribution in [0.3, 0.4) is 0 Å². The number of hydrogen-bond acceptors (Lipinski definition) is 11. The first-order valence-corrected chi connectivity index (χ1v) is 9.24. The van der Waals surface area contributed by atoms with Crippen molar-refractivity contribution in [2.75, 3.05) is 27.5 Å². The van der Waals surface area contributed by atoms with E-state index in [2.05, 4.69) is 22.1 Å². The molecule has 162 valence electrons. The highest BCUT2D eigenvalue weighted by Gasteiger charge is 2.45. The number of nitro groups is 1. The standard InChI is InChI=1S/C18H20N2O9S/c1-27-17(23)14(18(24)28-2)15(21)13-7-12(30)8-19(13)9-29-16(22)10-3-5-11(6-4-10)20(25)26/h3-6,12-14,30H,7-9H2,1-2H3/t12-,13-/m0/s1. The number of likely N-dealkylation sites (tertiary alicyclic amines) is 1. The third-order valence-corrected chi connectivity index (χ3v) is 4.92. The summed E-state index contributed by atoms with van der Waals surface area (Å²) in [6.45, 7) is -0.0412. The lowest BCUT2D eigenvalue weighted by Crippen LogP contribution is -2.46. The van der Waals surface area contributed by atoms with Gasteiger partial charge in [0.25, 0.3) is 5.69 Å². The van der Waals surface area contributed by atoms with Gasteiger partial charge in [-0.2, -0.15) is 12.6 Å². The van der Waals surface area contributed by atoms with Crippen molar-refractivity contribution in [3.05, 3.63) is 39.9 Å². The van der Waals surface area contributed by atoms with Crippen molar-refractivity contribution in [2.24, 2.45) is 5.92 Å². The van der Waals surface area contributed by atoms with Crippen LogP contribution in [0.15, 0.2) is 24.3 Å². The Labute approximate surface area is 176 Å². The van der Waals surface area contributed by atoms with E-state index in [0.29, 0.717) is 0 Å². The maximum absolute atomic E-state index is 12.8. The molecule has 0 N–H and O–H groups in total. The molecule has 1 aromatic carbocycles. The predicted molar refractivity (Wildman–Crippen MR) is 104 cm³/mol. The second-order valence-electron chi connectivity index (χ2n) is 6.42. The highest BCUT2D eigenvalue weighted by molar-refractivity contribution is 7.81. The molecular weight excluding hydrogens is 420 g/mol. The lowest BCUT2D eigenvalue weighted by Gasteiger charge is -2.24. The van der Waals surface area contributed by atoms with Crippen molar-refractivity contribution in [1.82, 2.24) is 4.90 Å². The molecule has 1 fully saturated rings. The lowest BCUT2D eigenvalue weighted by atomic mass is 9.96. The van der Waals surface area contributed by atoms with Crippen LogP contribution in [0.4, 0.5) is 5.69 Å². The van der Waals surface area contributed by atoms with Crippen molar-refractivity contribution in [3.63, 3.8) is 0 Å². The molecule has 0 amide bonds. The average molecular weight is 440 g/mol. The first-order chi connectivity index (χ1) is 14.2. The van der Waals surface area contributed by atoms with Crippen LogP contribution in [0.1, 0.15) is 16.8 Å². The third kappa shape index (κ3) is 5.33. The highest BCUT2D eigenvalue weighted by Crippen LogP contribution is 2.26. The van der Waals surface area contributed by atoms with Crippen LogP contribution in [0.25, 0.3) is 0 Å². The topological polar surface area (TPSA) is 142 Å². The fourth-order valence-corrected chi connectivity index (χ4v) is 3.43. The second kappa shape index (κ2) is 10.2. The van der Waals surface area contributed by atoms with E-state index in [-0.39, 0.29) is 36.2 Å². The highest BCUT2D eigenvalue weighted by atomic mass is 32.1. The van der Waals surface area contributed by atoms with Crippen molar-refractivity contribution in [1.29, 1.82) is 0 Å². The quantitative estimate of drug-likeness (QED) is 0.153. The van der Waals surface area contributed by atoms with E-state index in [1.165, 1.54) is 29.2 Å². The summed E-state index contributed by atoms with van der Waals surface area (Å²) in [7, 11) is 2.09. The lowest BCUT2D eigenvalue weighted by molar-refractivity contribution is -0.384. The molecule has 0 aliphatic carbocycles. The SMILES string of the molecule is COC(=O)C(C(=O)OC)C(=O)[C@@H]1C[C@H](S)CN1COC(=O)c1ccc([N+](=O)[O-])cc1. The first-order valence-electron chi connectivity index (χ1n) is 8.72. The molecule has 1 aromatic rings. The fourth-order valence-electron chi connectivity index (χ4n) is 3.02. The summed E-state index contributed by atoms with van der Waals surface area (Å²) in [6, 6.07) is 3.91. The number of carbonyl (C=O) groups is 4. The summed E-state index contributed by atoms with van der Waals surface area (Å²) in [5.41, 5.74) is -0.0848. The van der Waals surface area contributed by atoms with Crippen molar-refractivity contribution in [3.8, 4) is 0 Å². The van der Waals surface area contributed by atoms with E-state index < -0.39 is 40.6 Å². The maximum atomic E-state index is 12.8. The molecule has 0 radical (unpaired) electrons. The van der Waals surface area contributed by atoms with Crippen molar-refractivity contribution < 1.29 is 38.3 Å². The molecule has 1 heterocycles. The zero-order valence-corrected chi connectivity index (χ0v) is 17.1. The minimum absolute atomic E-state index is 0.0899. The minimum atomic E-state index is -1.75. The molecule has 0 unspecified atom stereocenters. The molecule has 0 aromatic heterocycles. The average Bonchev–Trinajstić information content (AvgIpc) is 3.12. The molecule has 0 bridgehead atoms. The number of thiol groups is 1. The van der Waals surface area contributed by atoms with Gasteiger partial charge >= 0.3 is 17.9 Å². The summed E-state index contributed by atoms with van der Waals surface area (Å²) < 4.78 is 14.3. The fraction of sp³-hybridized carbons (Fsp3) is 0.444. The second-order valence-corrected chi connectivity index (χ2v) is 7.15. The number of ether oxygens (including phenoxy) is 3. The molecule has 0 spiro atoms. The van der Waals surface area contributed by atoms with Gasteiger partial charge in [-0.3, -0.25) is 29.4 Å². The summed E-state index contributed by atoms with van der Waals surface area (Å²) in [4.78, 5) is 60.4. The molecular formula is C18H20N2O9S. The number of non-ortho nitro benzene ring substituents is 1. The molecule has 0 saturated carbocycles. The van der Waals surface area contributed by atoms with E-state index in [1.807, 2.05) is 0 Å². The van der Waals surface area contributed by atoms with E-state index in [4.69, 9.17) is 4.74 Å². The van der Waals surface area contributed by atoms with E-state index in [1.54, 1.807) is 0 Å². The molecule has 30 heavy (non-hydrogen) atoms. The van der Waals surface area contributed by atoms with Gasteiger partial charge in [-0.25, -0.2) is 4.79 Å². The molecule has 12 heteroatoms. The third-order valence-electron chi connectivity index (χ3n) is 4.54. The van der Waals surface area contributed by atoms with Crippen LogP contribution < -0.4 is 0 Å². The van der Waals surface area contributed by atoms with Gasteiger partial charge in [-0.15, -0.1) is 0 Å². The normalized spacial score (nSPS) is 18.7. The van der Waals surface area contributed by atoms with Crippen LogP contribution >= 0.6 is 12.6 Å². The number of rotatable bonds is 8. The summed E-state index contributed by atoms with van der Waals surface area (Å²) >= 11 is 4.34. The van der Waals surface area contributed by atoms with Gasteiger partial charge in [-0.05, 0) is 18.6 Å².